The lowest BCUT2D eigenvalue weighted by Crippen LogP contribution is -2.55. The Balaban J connectivity index is 1.59. The number of anilines is 1. The van der Waals surface area contributed by atoms with Gasteiger partial charge in [-0.15, -0.1) is 0 Å². The van der Waals surface area contributed by atoms with E-state index in [1.807, 2.05) is 88.4 Å². The molecule has 1 N–H and O–H groups in total. The van der Waals surface area contributed by atoms with E-state index in [2.05, 4.69) is 5.32 Å². The highest BCUT2D eigenvalue weighted by molar-refractivity contribution is 7.92. The van der Waals surface area contributed by atoms with E-state index in [4.69, 9.17) is 0 Å². The quantitative estimate of drug-likeness (QED) is 0.173. The zero-order chi connectivity index (χ0) is 34.3. The van der Waals surface area contributed by atoms with Crippen molar-refractivity contribution in [3.05, 3.63) is 130 Å². The summed E-state index contributed by atoms with van der Waals surface area (Å²) in [5, 5.41) is 3.27. The molecule has 5 rings (SSSR count). The van der Waals surface area contributed by atoms with Crippen LogP contribution >= 0.6 is 0 Å². The Morgan fingerprint density at radius 3 is 2.10 bits per heavy atom. The summed E-state index contributed by atoms with van der Waals surface area (Å²) in [5.74, 6) is -0.665. The number of nitrogens with zero attached hydrogens (tertiary/aromatic N) is 2. The second kappa shape index (κ2) is 15.6. The average molecular weight is 666 g/mol. The van der Waals surface area contributed by atoms with E-state index in [1.165, 1.54) is 4.31 Å². The summed E-state index contributed by atoms with van der Waals surface area (Å²) < 4.78 is 30.0. The van der Waals surface area contributed by atoms with Crippen LogP contribution in [0.5, 0.6) is 0 Å². The third-order valence-corrected chi connectivity index (χ3v) is 11.3. The van der Waals surface area contributed by atoms with Gasteiger partial charge in [0, 0.05) is 19.0 Å². The number of carbonyl (C=O) groups is 2. The van der Waals surface area contributed by atoms with Gasteiger partial charge in [-0.3, -0.25) is 13.9 Å². The van der Waals surface area contributed by atoms with Crippen molar-refractivity contribution >= 4 is 27.5 Å². The summed E-state index contributed by atoms with van der Waals surface area (Å²) in [6.07, 6.45) is 5.38. The first-order valence-electron chi connectivity index (χ1n) is 16.9. The number of hydrogen-bond donors (Lipinski definition) is 1. The molecular weight excluding hydrogens is 619 g/mol. The van der Waals surface area contributed by atoms with Gasteiger partial charge < -0.3 is 10.2 Å². The smallest absolute Gasteiger partial charge is 0.264 e. The summed E-state index contributed by atoms with van der Waals surface area (Å²) in [6, 6.07) is 28.8. The minimum Gasteiger partial charge on any atom is -0.352 e. The average Bonchev–Trinajstić information content (AvgIpc) is 3.08. The third kappa shape index (κ3) is 8.34. The highest BCUT2D eigenvalue weighted by Gasteiger charge is 2.36. The summed E-state index contributed by atoms with van der Waals surface area (Å²) in [5.41, 5.74) is 5.85. The molecule has 0 spiro atoms. The Kier molecular flexibility index (Phi) is 11.4. The molecule has 0 aromatic heterocycles. The van der Waals surface area contributed by atoms with Crippen molar-refractivity contribution in [3.8, 4) is 0 Å². The zero-order valence-corrected chi connectivity index (χ0v) is 29.3. The fraction of sp³-hybridized carbons (Fsp3) is 0.350. The van der Waals surface area contributed by atoms with E-state index in [0.29, 0.717) is 12.1 Å². The van der Waals surface area contributed by atoms with Crippen molar-refractivity contribution in [2.75, 3.05) is 10.8 Å². The Bertz CT molecular complexity index is 1820. The van der Waals surface area contributed by atoms with Crippen LogP contribution in [0, 0.1) is 27.7 Å². The number of hydrogen-bond acceptors (Lipinski definition) is 4. The van der Waals surface area contributed by atoms with E-state index < -0.39 is 28.5 Å². The molecule has 7 nitrogen and oxygen atoms in total. The van der Waals surface area contributed by atoms with Crippen molar-refractivity contribution < 1.29 is 18.0 Å². The molecule has 8 heteroatoms. The molecule has 0 unspecified atom stereocenters. The van der Waals surface area contributed by atoms with Gasteiger partial charge in [0.15, 0.2) is 0 Å². The van der Waals surface area contributed by atoms with Gasteiger partial charge in [-0.05, 0) is 86.6 Å². The van der Waals surface area contributed by atoms with E-state index >= 15 is 0 Å². The number of benzene rings is 4. The number of sulfonamides is 1. The van der Waals surface area contributed by atoms with Crippen molar-refractivity contribution in [3.63, 3.8) is 0 Å². The Morgan fingerprint density at radius 1 is 0.771 bits per heavy atom. The molecule has 0 radical (unpaired) electrons. The van der Waals surface area contributed by atoms with Gasteiger partial charge in [0.1, 0.15) is 12.6 Å². The van der Waals surface area contributed by atoms with Gasteiger partial charge in [0.05, 0.1) is 10.6 Å². The molecule has 4 aromatic carbocycles. The van der Waals surface area contributed by atoms with Crippen LogP contribution in [0.4, 0.5) is 5.69 Å². The lowest BCUT2D eigenvalue weighted by molar-refractivity contribution is -0.140. The SMILES string of the molecule is Cc1ccc(S(=O)(=O)N(CC(=O)N(Cc2ccccc2C)[C@H](Cc2ccccc2)C(=O)NC2CCCCC2)c2cccc(C)c2C)cc1. The number of amides is 2. The Labute approximate surface area is 286 Å². The monoisotopic (exact) mass is 665 g/mol. The predicted molar refractivity (Wildman–Crippen MR) is 192 cm³/mol. The number of nitrogens with one attached hydrogen (secondary N) is 1. The molecule has 0 heterocycles. The number of rotatable bonds is 12. The highest BCUT2D eigenvalue weighted by atomic mass is 32.2. The zero-order valence-electron chi connectivity index (χ0n) is 28.5. The molecule has 1 atom stereocenters. The number of aryl methyl sites for hydroxylation is 3. The second-order valence-corrected chi connectivity index (χ2v) is 14.9. The summed E-state index contributed by atoms with van der Waals surface area (Å²) >= 11 is 0. The molecule has 1 saturated carbocycles. The van der Waals surface area contributed by atoms with Crippen molar-refractivity contribution in [2.24, 2.45) is 0 Å². The van der Waals surface area contributed by atoms with Gasteiger partial charge in [-0.25, -0.2) is 8.42 Å². The first kappa shape index (κ1) is 34.9. The van der Waals surface area contributed by atoms with Crippen molar-refractivity contribution in [1.82, 2.24) is 10.2 Å². The van der Waals surface area contributed by atoms with Gasteiger partial charge in [-0.2, -0.15) is 0 Å². The van der Waals surface area contributed by atoms with Gasteiger partial charge in [-0.1, -0.05) is 104 Å². The van der Waals surface area contributed by atoms with Crippen LogP contribution < -0.4 is 9.62 Å². The minimum absolute atomic E-state index is 0.0493. The van der Waals surface area contributed by atoms with E-state index in [9.17, 15) is 18.0 Å². The molecule has 0 aliphatic heterocycles. The lowest BCUT2D eigenvalue weighted by Gasteiger charge is -2.35. The first-order valence-corrected chi connectivity index (χ1v) is 18.3. The topological polar surface area (TPSA) is 86.8 Å². The molecule has 0 saturated heterocycles. The molecule has 4 aromatic rings. The maximum Gasteiger partial charge on any atom is 0.264 e. The maximum atomic E-state index is 14.8. The van der Waals surface area contributed by atoms with Crippen LogP contribution in [-0.4, -0.2) is 43.8 Å². The molecule has 2 amide bonds. The van der Waals surface area contributed by atoms with Crippen LogP contribution in [-0.2, 0) is 32.6 Å². The lowest BCUT2D eigenvalue weighted by atomic mass is 9.94. The van der Waals surface area contributed by atoms with E-state index in [0.717, 1.165) is 65.5 Å². The van der Waals surface area contributed by atoms with Gasteiger partial charge >= 0.3 is 0 Å². The molecular formula is C40H47N3O4S. The Morgan fingerprint density at radius 2 is 1.42 bits per heavy atom. The largest absolute Gasteiger partial charge is 0.352 e. The molecule has 252 valence electrons. The van der Waals surface area contributed by atoms with Crippen LogP contribution in [0.3, 0.4) is 0 Å². The van der Waals surface area contributed by atoms with Crippen LogP contribution in [0.1, 0.15) is 65.5 Å². The summed E-state index contributed by atoms with van der Waals surface area (Å²) in [6.45, 7) is 7.37. The molecule has 0 bridgehead atoms. The van der Waals surface area contributed by atoms with E-state index in [-0.39, 0.29) is 23.4 Å². The fourth-order valence-electron chi connectivity index (χ4n) is 6.43. The first-order chi connectivity index (χ1) is 23.0. The van der Waals surface area contributed by atoms with Gasteiger partial charge in [0.2, 0.25) is 11.8 Å². The standard InChI is InChI=1S/C40H47N3O4S/c1-29-22-24-36(25-23-29)48(46,47)43(37-21-13-15-30(2)32(37)4)28-39(44)42(27-34-18-12-11-14-31(34)3)38(26-33-16-7-5-8-17-33)40(45)41-35-19-9-6-10-20-35/h5,7-8,11-18,21-25,35,38H,6,9-10,19-20,26-28H2,1-4H3,(H,41,45)/t38-/m1/s1. The van der Waals surface area contributed by atoms with Gasteiger partial charge in [0.25, 0.3) is 10.0 Å². The second-order valence-electron chi connectivity index (χ2n) is 13.0. The van der Waals surface area contributed by atoms with Crippen LogP contribution in [0.15, 0.2) is 102 Å². The predicted octanol–water partition coefficient (Wildman–Crippen LogP) is 7.20. The summed E-state index contributed by atoms with van der Waals surface area (Å²) in [4.78, 5) is 30.8. The molecule has 1 aliphatic rings. The van der Waals surface area contributed by atoms with E-state index in [1.54, 1.807) is 41.3 Å². The maximum absolute atomic E-state index is 14.8. The highest BCUT2D eigenvalue weighted by Crippen LogP contribution is 2.30. The van der Waals surface area contributed by atoms with Crippen LogP contribution in [0.25, 0.3) is 0 Å². The summed E-state index contributed by atoms with van der Waals surface area (Å²) in [7, 11) is -4.16. The minimum atomic E-state index is -4.16. The Hall–Kier alpha value is -4.43. The number of carbonyl (C=O) groups excluding carboxylic acids is 2. The molecule has 48 heavy (non-hydrogen) atoms. The molecule has 1 aliphatic carbocycles. The normalized spacial score (nSPS) is 14.2. The van der Waals surface area contributed by atoms with Crippen LogP contribution in [0.2, 0.25) is 0 Å². The van der Waals surface area contributed by atoms with Crippen molar-refractivity contribution in [1.29, 1.82) is 0 Å². The fourth-order valence-corrected chi connectivity index (χ4v) is 7.90. The molecule has 1 fully saturated rings. The van der Waals surface area contributed by atoms with Crippen molar-refractivity contribution in [2.45, 2.75) is 89.7 Å². The third-order valence-electron chi connectivity index (χ3n) is 9.56.